The highest BCUT2D eigenvalue weighted by molar-refractivity contribution is 5.96. The highest BCUT2D eigenvalue weighted by Crippen LogP contribution is 2.42. The number of carbonyl (C=O) groups is 1. The second-order valence-electron chi connectivity index (χ2n) is 13.7. The van der Waals surface area contributed by atoms with Crippen LogP contribution in [-0.2, 0) is 16.7 Å². The molecule has 1 unspecified atom stereocenters. The van der Waals surface area contributed by atoms with Gasteiger partial charge in [-0.05, 0) is 87.2 Å². The number of benzene rings is 3. The van der Waals surface area contributed by atoms with E-state index in [9.17, 15) is 18.0 Å². The number of aryl methyl sites for hydroxylation is 2. The molecule has 4 aromatic rings. The number of para-hydroxylation sites is 2. The fourth-order valence-electron chi connectivity index (χ4n) is 7.63. The van der Waals surface area contributed by atoms with Crippen molar-refractivity contribution in [3.63, 3.8) is 0 Å². The van der Waals surface area contributed by atoms with Gasteiger partial charge in [0.05, 0.1) is 39.0 Å². The van der Waals surface area contributed by atoms with Gasteiger partial charge in [0.1, 0.15) is 0 Å². The van der Waals surface area contributed by atoms with Crippen LogP contribution in [0.4, 0.5) is 19.1 Å². The normalized spacial score (nSPS) is 18.5. The van der Waals surface area contributed by atoms with Crippen molar-refractivity contribution >= 4 is 22.9 Å². The first-order valence-electron chi connectivity index (χ1n) is 17.8. The summed E-state index contributed by atoms with van der Waals surface area (Å²) in [5, 5.41) is 0. The molecule has 52 heavy (non-hydrogen) atoms. The number of halogens is 3. The van der Waals surface area contributed by atoms with Gasteiger partial charge in [-0.3, -0.25) is 9.53 Å². The topological polar surface area (TPSA) is 81.5 Å². The molecule has 2 saturated heterocycles. The van der Waals surface area contributed by atoms with Crippen molar-refractivity contribution in [2.45, 2.75) is 51.4 Å². The van der Waals surface area contributed by atoms with Gasteiger partial charge in [0.25, 0.3) is 5.91 Å². The quantitative estimate of drug-likeness (QED) is 0.162. The number of anilines is 1. The Morgan fingerprint density at radius 2 is 1.62 bits per heavy atom. The predicted molar refractivity (Wildman–Crippen MR) is 194 cm³/mol. The number of nitrogens with zero attached hydrogens (tertiary/aromatic N) is 5. The van der Waals surface area contributed by atoms with E-state index in [0.29, 0.717) is 48.4 Å². The van der Waals surface area contributed by atoms with Gasteiger partial charge < -0.3 is 33.5 Å². The highest BCUT2D eigenvalue weighted by atomic mass is 19.4. The van der Waals surface area contributed by atoms with E-state index in [1.165, 1.54) is 38.0 Å². The lowest BCUT2D eigenvalue weighted by Gasteiger charge is -2.33. The zero-order valence-electron chi connectivity index (χ0n) is 30.6. The minimum absolute atomic E-state index is 0.0410. The summed E-state index contributed by atoms with van der Waals surface area (Å²) in [6, 6.07) is 17.6. The Kier molecular flexibility index (Phi) is 11.2. The Labute approximate surface area is 303 Å². The van der Waals surface area contributed by atoms with Gasteiger partial charge in [-0.15, -0.1) is 13.2 Å². The zero-order valence-corrected chi connectivity index (χ0v) is 30.6. The number of carbonyl (C=O) groups excluding carboxylic acids is 1. The third-order valence-corrected chi connectivity index (χ3v) is 10.7. The van der Waals surface area contributed by atoms with Crippen LogP contribution in [0, 0.1) is 13.8 Å². The van der Waals surface area contributed by atoms with Crippen LogP contribution >= 0.6 is 0 Å². The summed E-state index contributed by atoms with van der Waals surface area (Å²) in [4.78, 5) is 25.5. The maximum Gasteiger partial charge on any atom is 0.522 e. The van der Waals surface area contributed by atoms with Crippen molar-refractivity contribution in [2.75, 3.05) is 78.6 Å². The Morgan fingerprint density at radius 3 is 2.31 bits per heavy atom. The molecule has 1 amide bonds. The van der Waals surface area contributed by atoms with Crippen LogP contribution in [0.25, 0.3) is 11.0 Å². The molecule has 0 spiro atoms. The number of ether oxygens (including phenoxy) is 4. The lowest BCUT2D eigenvalue weighted by Crippen LogP contribution is -2.39. The molecule has 10 nitrogen and oxygen atoms in total. The third kappa shape index (κ3) is 7.95. The predicted octanol–water partition coefficient (Wildman–Crippen LogP) is 6.60. The molecular weight excluding hydrogens is 675 g/mol. The summed E-state index contributed by atoms with van der Waals surface area (Å²) in [5.74, 6) is 1.89. The molecule has 0 saturated carbocycles. The summed E-state index contributed by atoms with van der Waals surface area (Å²) in [7, 11) is 4.62. The number of aromatic nitrogens is 2. The molecule has 280 valence electrons. The summed E-state index contributed by atoms with van der Waals surface area (Å²) in [6.45, 7) is 8.90. The number of fused-ring (bicyclic) bond motifs is 1. The van der Waals surface area contributed by atoms with Crippen molar-refractivity contribution in [1.29, 1.82) is 0 Å². The number of amides is 1. The van der Waals surface area contributed by atoms with Gasteiger partial charge in [0, 0.05) is 50.2 Å². The van der Waals surface area contributed by atoms with Crippen LogP contribution in [0.15, 0.2) is 54.6 Å². The Balaban J connectivity index is 1.19. The molecule has 1 atom stereocenters. The molecular formula is C39H48F3N5O5. The molecule has 0 bridgehead atoms. The minimum Gasteiger partial charge on any atom is -0.493 e. The molecule has 2 aliphatic rings. The van der Waals surface area contributed by atoms with Crippen molar-refractivity contribution < 1.29 is 36.9 Å². The zero-order chi connectivity index (χ0) is 37.0. The average molecular weight is 724 g/mol. The Morgan fingerprint density at radius 1 is 0.865 bits per heavy atom. The van der Waals surface area contributed by atoms with E-state index < -0.39 is 13.0 Å². The van der Waals surface area contributed by atoms with E-state index in [-0.39, 0.29) is 17.9 Å². The number of imidazole rings is 1. The van der Waals surface area contributed by atoms with Crippen molar-refractivity contribution in [2.24, 2.45) is 0 Å². The maximum absolute atomic E-state index is 14.0. The first kappa shape index (κ1) is 37.3. The van der Waals surface area contributed by atoms with Crippen molar-refractivity contribution in [3.8, 4) is 17.2 Å². The third-order valence-electron chi connectivity index (χ3n) is 10.7. The van der Waals surface area contributed by atoms with Crippen molar-refractivity contribution in [1.82, 2.24) is 19.4 Å². The van der Waals surface area contributed by atoms with Crippen LogP contribution in [0.5, 0.6) is 17.2 Å². The van der Waals surface area contributed by atoms with Gasteiger partial charge in [-0.1, -0.05) is 30.3 Å². The number of likely N-dealkylation sites (tertiary alicyclic amines) is 1. The van der Waals surface area contributed by atoms with Crippen LogP contribution in [0.1, 0.15) is 46.3 Å². The van der Waals surface area contributed by atoms with Crippen LogP contribution in [0.2, 0.25) is 0 Å². The fraction of sp³-hybridized carbons (Fsp3) is 0.487. The van der Waals surface area contributed by atoms with Crippen LogP contribution in [-0.4, -0.2) is 105 Å². The van der Waals surface area contributed by atoms with E-state index in [4.69, 9.17) is 19.2 Å². The molecule has 1 aromatic heterocycles. The monoisotopic (exact) mass is 723 g/mol. The summed E-state index contributed by atoms with van der Waals surface area (Å²) >= 11 is 0. The number of hydrogen-bond acceptors (Lipinski definition) is 8. The van der Waals surface area contributed by atoms with E-state index in [0.717, 1.165) is 56.5 Å². The molecule has 2 aliphatic heterocycles. The average Bonchev–Trinajstić information content (AvgIpc) is 3.65. The molecule has 3 heterocycles. The second kappa shape index (κ2) is 15.6. The maximum atomic E-state index is 14.0. The van der Waals surface area contributed by atoms with Crippen LogP contribution < -0.4 is 19.1 Å². The van der Waals surface area contributed by atoms with Gasteiger partial charge in [-0.2, -0.15) is 0 Å². The van der Waals surface area contributed by atoms with Crippen LogP contribution in [0.3, 0.4) is 0 Å². The molecule has 0 aliphatic carbocycles. The SMILES string of the molecule is COc1cc(C(=O)N2CCC(CCN3CCCN(c4nc5ccccc5n4CCOC(F)(F)F)CC3)(c3ccc(C)c(C)c3)C2)cc(OC)c1OC. The first-order valence-corrected chi connectivity index (χ1v) is 17.8. The Hall–Kier alpha value is -4.49. The van der Waals surface area contributed by atoms with Gasteiger partial charge in [0.2, 0.25) is 11.7 Å². The largest absolute Gasteiger partial charge is 0.522 e. The number of alkyl halides is 3. The van der Waals surface area contributed by atoms with Crippen molar-refractivity contribution in [3.05, 3.63) is 76.9 Å². The van der Waals surface area contributed by atoms with E-state index in [1.54, 1.807) is 12.1 Å². The number of hydrogen-bond donors (Lipinski definition) is 0. The van der Waals surface area contributed by atoms with E-state index >= 15 is 0 Å². The summed E-state index contributed by atoms with van der Waals surface area (Å²) in [6.07, 6.45) is -2.11. The molecule has 3 aromatic carbocycles. The number of rotatable bonds is 12. The van der Waals surface area contributed by atoms with Gasteiger partial charge in [0.15, 0.2) is 11.5 Å². The standard InChI is InChI=1S/C39H48F3N5O5/c1-27-11-12-30(23-28(27)2)38(14-18-46(26-38)36(48)29-24-33(49-3)35(51-5)34(25-29)50-4)13-17-44-15-8-16-45(20-19-44)37-43-31-9-6-7-10-32(31)47(37)21-22-52-39(40,41)42/h6-7,9-12,23-25H,8,13-22,26H2,1-5H3. The lowest BCUT2D eigenvalue weighted by atomic mass is 9.76. The highest BCUT2D eigenvalue weighted by Gasteiger charge is 2.42. The molecule has 6 rings (SSSR count). The second-order valence-corrected chi connectivity index (χ2v) is 13.7. The number of methoxy groups -OCH3 is 3. The molecule has 2 fully saturated rings. The Bertz CT molecular complexity index is 1860. The summed E-state index contributed by atoms with van der Waals surface area (Å²) < 4.78 is 61.0. The van der Waals surface area contributed by atoms with Gasteiger partial charge in [-0.25, -0.2) is 4.98 Å². The summed E-state index contributed by atoms with van der Waals surface area (Å²) in [5.41, 5.74) is 5.45. The molecule has 0 radical (unpaired) electrons. The lowest BCUT2D eigenvalue weighted by molar-refractivity contribution is -0.325. The van der Waals surface area contributed by atoms with E-state index in [1.807, 2.05) is 33.7 Å². The van der Waals surface area contributed by atoms with E-state index in [2.05, 4.69) is 46.6 Å². The first-order chi connectivity index (χ1) is 24.9. The smallest absolute Gasteiger partial charge is 0.493 e. The fourth-order valence-corrected chi connectivity index (χ4v) is 7.63. The van der Waals surface area contributed by atoms with Gasteiger partial charge >= 0.3 is 6.36 Å². The molecule has 13 heteroatoms. The minimum atomic E-state index is -4.69. The molecule has 0 N–H and O–H groups in total.